The summed E-state index contributed by atoms with van der Waals surface area (Å²) in [5, 5.41) is 2.97. The van der Waals surface area contributed by atoms with Gasteiger partial charge in [-0.1, -0.05) is 0 Å². The first-order valence-corrected chi connectivity index (χ1v) is 7.06. The number of morpholine rings is 1. The molecule has 6 heteroatoms. The molecular formula is C12H19N3O2S. The molecule has 2 rings (SSSR count). The maximum atomic E-state index is 11.9. The van der Waals surface area contributed by atoms with Gasteiger partial charge in [0.25, 0.3) is 5.91 Å². The highest BCUT2D eigenvalue weighted by Crippen LogP contribution is 2.11. The number of ether oxygens (including phenoxy) is 1. The Balaban J connectivity index is 1.80. The lowest BCUT2D eigenvalue weighted by molar-refractivity contribution is 0.0204. The highest BCUT2D eigenvalue weighted by molar-refractivity contribution is 7.11. The minimum absolute atomic E-state index is 0.0184. The molecule has 2 heterocycles. The van der Waals surface area contributed by atoms with Gasteiger partial charge in [-0.25, -0.2) is 4.98 Å². The van der Waals surface area contributed by atoms with Crippen molar-refractivity contribution in [3.8, 4) is 0 Å². The van der Waals surface area contributed by atoms with Crippen LogP contribution in [-0.2, 0) is 4.74 Å². The topological polar surface area (TPSA) is 54.5 Å². The average Bonchev–Trinajstić information content (AvgIpc) is 2.83. The normalized spacial score (nSPS) is 18.6. The first-order chi connectivity index (χ1) is 8.68. The zero-order valence-corrected chi connectivity index (χ0v) is 11.6. The van der Waals surface area contributed by atoms with E-state index in [1.807, 2.05) is 6.92 Å². The summed E-state index contributed by atoms with van der Waals surface area (Å²) in [6, 6.07) is 0.339. The van der Waals surface area contributed by atoms with Crippen molar-refractivity contribution < 1.29 is 9.53 Å². The van der Waals surface area contributed by atoms with Gasteiger partial charge in [-0.15, -0.1) is 11.3 Å². The number of nitrogens with one attached hydrogen (secondary N) is 1. The second-order valence-electron chi connectivity index (χ2n) is 4.47. The quantitative estimate of drug-likeness (QED) is 0.882. The van der Waals surface area contributed by atoms with E-state index in [0.29, 0.717) is 17.5 Å². The third kappa shape index (κ3) is 3.28. The Bertz CT molecular complexity index is 402. The molecule has 1 amide bonds. The smallest absolute Gasteiger partial charge is 0.263 e. The van der Waals surface area contributed by atoms with Crippen LogP contribution in [-0.4, -0.2) is 54.7 Å². The lowest BCUT2D eigenvalue weighted by Gasteiger charge is -2.32. The molecule has 1 saturated heterocycles. The summed E-state index contributed by atoms with van der Waals surface area (Å²) in [5.74, 6) is -0.0184. The van der Waals surface area contributed by atoms with Crippen molar-refractivity contribution in [3.05, 3.63) is 16.1 Å². The highest BCUT2D eigenvalue weighted by atomic mass is 32.1. The van der Waals surface area contributed by atoms with Crippen LogP contribution in [0.4, 0.5) is 0 Å². The summed E-state index contributed by atoms with van der Waals surface area (Å²) < 4.78 is 5.31. The molecule has 1 unspecified atom stereocenters. The van der Waals surface area contributed by atoms with Crippen molar-refractivity contribution in [2.24, 2.45) is 0 Å². The minimum atomic E-state index is -0.0184. The molecule has 0 spiro atoms. The first-order valence-electron chi connectivity index (χ1n) is 6.18. The third-order valence-electron chi connectivity index (χ3n) is 3.18. The molecule has 1 aliphatic heterocycles. The van der Waals surface area contributed by atoms with Crippen molar-refractivity contribution in [1.82, 2.24) is 15.2 Å². The van der Waals surface area contributed by atoms with Crippen LogP contribution in [0.2, 0.25) is 0 Å². The molecule has 1 aromatic heterocycles. The Morgan fingerprint density at radius 3 is 2.94 bits per heavy atom. The zero-order chi connectivity index (χ0) is 13.0. The zero-order valence-electron chi connectivity index (χ0n) is 10.8. The summed E-state index contributed by atoms with van der Waals surface area (Å²) in [4.78, 5) is 19.1. The van der Waals surface area contributed by atoms with E-state index in [4.69, 9.17) is 4.74 Å². The number of nitrogens with zero attached hydrogens (tertiary/aromatic N) is 2. The monoisotopic (exact) mass is 269 g/mol. The molecule has 0 aromatic carbocycles. The maximum Gasteiger partial charge on any atom is 0.263 e. The van der Waals surface area contributed by atoms with Crippen LogP contribution >= 0.6 is 11.3 Å². The molecule has 1 N–H and O–H groups in total. The van der Waals surface area contributed by atoms with Gasteiger partial charge in [-0.05, 0) is 13.8 Å². The van der Waals surface area contributed by atoms with Crippen LogP contribution in [0.1, 0.15) is 22.3 Å². The molecule has 100 valence electrons. The molecule has 0 saturated carbocycles. The Morgan fingerprint density at radius 1 is 1.61 bits per heavy atom. The SMILES string of the molecule is Cc1ncsc1C(=O)NCC(C)N1CCOCC1. The van der Waals surface area contributed by atoms with E-state index < -0.39 is 0 Å². The fourth-order valence-corrected chi connectivity index (χ4v) is 2.71. The number of rotatable bonds is 4. The Labute approximate surface area is 111 Å². The molecule has 1 fully saturated rings. The van der Waals surface area contributed by atoms with Gasteiger partial charge in [0, 0.05) is 25.7 Å². The Kier molecular flexibility index (Phi) is 4.68. The maximum absolute atomic E-state index is 11.9. The van der Waals surface area contributed by atoms with Gasteiger partial charge in [0.15, 0.2) is 0 Å². The second kappa shape index (κ2) is 6.26. The number of thiazole rings is 1. The van der Waals surface area contributed by atoms with Crippen molar-refractivity contribution >= 4 is 17.2 Å². The molecular weight excluding hydrogens is 250 g/mol. The van der Waals surface area contributed by atoms with Crippen molar-refractivity contribution in [2.75, 3.05) is 32.8 Å². The summed E-state index contributed by atoms with van der Waals surface area (Å²) in [7, 11) is 0. The standard InChI is InChI=1S/C12H19N3O2S/c1-9(15-3-5-17-6-4-15)7-13-12(16)11-10(2)14-8-18-11/h8-9H,3-7H2,1-2H3,(H,13,16). The van der Waals surface area contributed by atoms with E-state index in [-0.39, 0.29) is 5.91 Å². The van der Waals surface area contributed by atoms with E-state index in [2.05, 4.69) is 22.1 Å². The Morgan fingerprint density at radius 2 is 2.33 bits per heavy atom. The second-order valence-corrected chi connectivity index (χ2v) is 5.33. The fourth-order valence-electron chi connectivity index (χ4n) is 1.99. The van der Waals surface area contributed by atoms with Crippen LogP contribution in [0.25, 0.3) is 0 Å². The lowest BCUT2D eigenvalue weighted by atomic mass is 10.2. The van der Waals surface area contributed by atoms with Crippen LogP contribution < -0.4 is 5.32 Å². The summed E-state index contributed by atoms with van der Waals surface area (Å²) in [5.41, 5.74) is 2.51. The minimum Gasteiger partial charge on any atom is -0.379 e. The number of hydrogen-bond acceptors (Lipinski definition) is 5. The molecule has 0 radical (unpaired) electrons. The number of amides is 1. The van der Waals surface area contributed by atoms with Crippen LogP contribution in [0.15, 0.2) is 5.51 Å². The first kappa shape index (κ1) is 13.5. The van der Waals surface area contributed by atoms with Crippen LogP contribution in [0.3, 0.4) is 0 Å². The number of hydrogen-bond donors (Lipinski definition) is 1. The number of aryl methyl sites for hydroxylation is 1. The van der Waals surface area contributed by atoms with Crippen molar-refractivity contribution in [1.29, 1.82) is 0 Å². The van der Waals surface area contributed by atoms with Gasteiger partial charge >= 0.3 is 0 Å². The van der Waals surface area contributed by atoms with E-state index in [1.54, 1.807) is 5.51 Å². The average molecular weight is 269 g/mol. The summed E-state index contributed by atoms with van der Waals surface area (Å²) >= 11 is 1.39. The fraction of sp³-hybridized carbons (Fsp3) is 0.667. The largest absolute Gasteiger partial charge is 0.379 e. The molecule has 1 atom stereocenters. The van der Waals surface area contributed by atoms with Crippen molar-refractivity contribution in [3.63, 3.8) is 0 Å². The lowest BCUT2D eigenvalue weighted by Crippen LogP contribution is -2.47. The van der Waals surface area contributed by atoms with E-state index in [1.165, 1.54) is 11.3 Å². The molecule has 1 aromatic rings. The van der Waals surface area contributed by atoms with Gasteiger partial charge in [0.1, 0.15) is 4.88 Å². The van der Waals surface area contributed by atoms with E-state index in [0.717, 1.165) is 32.0 Å². The van der Waals surface area contributed by atoms with E-state index in [9.17, 15) is 4.79 Å². The predicted molar refractivity (Wildman–Crippen MR) is 71.0 cm³/mol. The van der Waals surface area contributed by atoms with Crippen LogP contribution in [0, 0.1) is 6.92 Å². The van der Waals surface area contributed by atoms with Gasteiger partial charge in [0.2, 0.25) is 0 Å². The molecule has 18 heavy (non-hydrogen) atoms. The highest BCUT2D eigenvalue weighted by Gasteiger charge is 2.18. The molecule has 0 aliphatic carbocycles. The third-order valence-corrected chi connectivity index (χ3v) is 4.11. The van der Waals surface area contributed by atoms with Crippen LogP contribution in [0.5, 0.6) is 0 Å². The molecule has 0 bridgehead atoms. The predicted octanol–water partition coefficient (Wildman–Crippen LogP) is 0.902. The van der Waals surface area contributed by atoms with Gasteiger partial charge < -0.3 is 10.1 Å². The van der Waals surface area contributed by atoms with Crippen molar-refractivity contribution in [2.45, 2.75) is 19.9 Å². The van der Waals surface area contributed by atoms with E-state index >= 15 is 0 Å². The summed E-state index contributed by atoms with van der Waals surface area (Å²) in [6.07, 6.45) is 0. The molecule has 1 aliphatic rings. The Hall–Kier alpha value is -0.980. The number of carbonyl (C=O) groups is 1. The van der Waals surface area contributed by atoms with Gasteiger partial charge in [-0.3, -0.25) is 9.69 Å². The van der Waals surface area contributed by atoms with Gasteiger partial charge in [0.05, 0.1) is 24.4 Å². The summed E-state index contributed by atoms with van der Waals surface area (Å²) in [6.45, 7) is 8.10. The molecule has 5 nitrogen and oxygen atoms in total. The van der Waals surface area contributed by atoms with Gasteiger partial charge in [-0.2, -0.15) is 0 Å². The number of aromatic nitrogens is 1. The number of carbonyl (C=O) groups excluding carboxylic acids is 1.